The Kier molecular flexibility index (Phi) is 4.95. The topological polar surface area (TPSA) is 89.5 Å². The number of piperidine rings is 1. The Hall–Kier alpha value is -2.90. The van der Waals surface area contributed by atoms with E-state index < -0.39 is 11.5 Å². The van der Waals surface area contributed by atoms with Crippen molar-refractivity contribution in [1.29, 1.82) is 0 Å². The van der Waals surface area contributed by atoms with Crippen molar-refractivity contribution in [2.45, 2.75) is 24.9 Å². The van der Waals surface area contributed by atoms with Gasteiger partial charge in [-0.25, -0.2) is 0 Å². The maximum absolute atomic E-state index is 13.1. The fourth-order valence-electron chi connectivity index (χ4n) is 4.64. The van der Waals surface area contributed by atoms with Crippen LogP contribution in [0.5, 0.6) is 0 Å². The smallest absolute Gasteiger partial charge is 0.229 e. The number of fused-ring (bicyclic) bond motifs is 1. The molecule has 8 heteroatoms. The van der Waals surface area contributed by atoms with Gasteiger partial charge in [-0.2, -0.15) is 5.10 Å². The van der Waals surface area contributed by atoms with Crippen LogP contribution in [0.4, 0.5) is 5.82 Å². The van der Waals surface area contributed by atoms with Crippen LogP contribution >= 0.6 is 11.6 Å². The Bertz CT molecular complexity index is 1140. The van der Waals surface area contributed by atoms with Crippen molar-refractivity contribution in [3.05, 3.63) is 59.1 Å². The maximum Gasteiger partial charge on any atom is 0.229 e. The summed E-state index contributed by atoms with van der Waals surface area (Å²) in [4.78, 5) is 29.2. The summed E-state index contributed by atoms with van der Waals surface area (Å²) in [6, 6.07) is 14.8. The van der Waals surface area contributed by atoms with E-state index in [1.54, 1.807) is 21.9 Å². The molecule has 1 atom stereocenters. The van der Waals surface area contributed by atoms with Crippen molar-refractivity contribution >= 4 is 40.1 Å². The van der Waals surface area contributed by atoms with Gasteiger partial charge in [0.05, 0.1) is 17.0 Å². The van der Waals surface area contributed by atoms with Gasteiger partial charge in [0.25, 0.3) is 0 Å². The molecule has 5 rings (SSSR count). The maximum atomic E-state index is 13.1. The van der Waals surface area contributed by atoms with Gasteiger partial charge in [0.2, 0.25) is 11.8 Å². The Morgan fingerprint density at radius 3 is 2.58 bits per heavy atom. The van der Waals surface area contributed by atoms with Gasteiger partial charge in [-0.1, -0.05) is 35.9 Å². The molecule has 0 saturated carbocycles. The van der Waals surface area contributed by atoms with Crippen LogP contribution in [0.3, 0.4) is 0 Å². The standard InChI is InChI=1S/C23H23ClN4O3/c24-17-7-5-16(6-8-17)23(31)9-11-27(12-10-23)22(30)15-13-20(29)28(14-15)21-18-3-1-2-4-19(18)25-26-21/h1-8,15,31H,9-14H2,(H,25,26)/t15-/m0/s1. The lowest BCUT2D eigenvalue weighted by atomic mass is 9.84. The molecule has 31 heavy (non-hydrogen) atoms. The fraction of sp³-hybridized carbons (Fsp3) is 0.348. The van der Waals surface area contributed by atoms with E-state index >= 15 is 0 Å². The Morgan fingerprint density at radius 1 is 1.13 bits per heavy atom. The van der Waals surface area contributed by atoms with Crippen LogP contribution in [0.15, 0.2) is 48.5 Å². The Morgan fingerprint density at radius 2 is 1.84 bits per heavy atom. The monoisotopic (exact) mass is 438 g/mol. The van der Waals surface area contributed by atoms with Gasteiger partial charge >= 0.3 is 0 Å². The number of aliphatic hydroxyl groups is 1. The second-order valence-electron chi connectivity index (χ2n) is 8.36. The number of carbonyl (C=O) groups is 2. The quantitative estimate of drug-likeness (QED) is 0.657. The predicted molar refractivity (Wildman–Crippen MR) is 118 cm³/mol. The van der Waals surface area contributed by atoms with E-state index in [1.165, 1.54) is 0 Å². The van der Waals surface area contributed by atoms with Crippen LogP contribution in [-0.2, 0) is 15.2 Å². The molecule has 0 unspecified atom stereocenters. The molecule has 2 aliphatic heterocycles. The van der Waals surface area contributed by atoms with Crippen molar-refractivity contribution in [3.63, 3.8) is 0 Å². The summed E-state index contributed by atoms with van der Waals surface area (Å²) in [5, 5.41) is 19.8. The zero-order chi connectivity index (χ0) is 21.6. The molecule has 0 spiro atoms. The van der Waals surface area contributed by atoms with Gasteiger partial charge in [0, 0.05) is 36.5 Å². The zero-order valence-electron chi connectivity index (χ0n) is 16.9. The first kappa shape index (κ1) is 20.0. The third-order valence-corrected chi connectivity index (χ3v) is 6.72. The largest absolute Gasteiger partial charge is 0.385 e. The highest BCUT2D eigenvalue weighted by Crippen LogP contribution is 2.35. The van der Waals surface area contributed by atoms with Gasteiger partial charge in [-0.15, -0.1) is 0 Å². The number of benzene rings is 2. The summed E-state index contributed by atoms with van der Waals surface area (Å²) in [5.74, 6) is 0.0514. The van der Waals surface area contributed by atoms with Crippen LogP contribution in [0.25, 0.3) is 10.9 Å². The van der Waals surface area contributed by atoms with Crippen LogP contribution in [0.1, 0.15) is 24.8 Å². The number of nitrogens with zero attached hydrogens (tertiary/aromatic N) is 3. The van der Waals surface area contributed by atoms with E-state index in [4.69, 9.17) is 11.6 Å². The minimum Gasteiger partial charge on any atom is -0.385 e. The first-order valence-corrected chi connectivity index (χ1v) is 10.8. The Balaban J connectivity index is 1.26. The highest BCUT2D eigenvalue weighted by Gasteiger charge is 2.41. The molecule has 2 aliphatic rings. The number of halogens is 1. The summed E-state index contributed by atoms with van der Waals surface area (Å²) in [6.45, 7) is 1.23. The molecule has 2 saturated heterocycles. The second-order valence-corrected chi connectivity index (χ2v) is 8.80. The minimum atomic E-state index is -0.965. The molecular weight excluding hydrogens is 416 g/mol. The number of likely N-dealkylation sites (tertiary alicyclic amines) is 1. The van der Waals surface area contributed by atoms with E-state index in [-0.39, 0.29) is 18.2 Å². The van der Waals surface area contributed by atoms with Gasteiger partial charge < -0.3 is 10.0 Å². The number of carbonyl (C=O) groups excluding carboxylic acids is 2. The fourth-order valence-corrected chi connectivity index (χ4v) is 4.76. The summed E-state index contributed by atoms with van der Waals surface area (Å²) in [5.41, 5.74) is 0.710. The molecule has 2 amide bonds. The van der Waals surface area contributed by atoms with Crippen molar-refractivity contribution in [2.75, 3.05) is 24.5 Å². The van der Waals surface area contributed by atoms with Crippen molar-refractivity contribution < 1.29 is 14.7 Å². The van der Waals surface area contributed by atoms with Crippen LogP contribution < -0.4 is 4.90 Å². The molecule has 0 radical (unpaired) electrons. The average molecular weight is 439 g/mol. The van der Waals surface area contributed by atoms with E-state index in [2.05, 4.69) is 10.2 Å². The van der Waals surface area contributed by atoms with Crippen molar-refractivity contribution in [2.24, 2.45) is 5.92 Å². The van der Waals surface area contributed by atoms with Gasteiger partial charge in [-0.3, -0.25) is 19.6 Å². The molecule has 0 aliphatic carbocycles. The SMILES string of the molecule is O=C([C@H]1CC(=O)N(c2n[nH]c3ccccc23)C1)N1CCC(O)(c2ccc(Cl)cc2)CC1. The number of amides is 2. The van der Waals surface area contributed by atoms with Crippen LogP contribution in [0, 0.1) is 5.92 Å². The van der Waals surface area contributed by atoms with Gasteiger partial charge in [0.1, 0.15) is 0 Å². The normalized spacial score (nSPS) is 21.1. The lowest BCUT2D eigenvalue weighted by Gasteiger charge is -2.39. The van der Waals surface area contributed by atoms with Gasteiger partial charge in [0.15, 0.2) is 5.82 Å². The zero-order valence-corrected chi connectivity index (χ0v) is 17.7. The number of nitrogens with one attached hydrogen (secondary N) is 1. The van der Waals surface area contributed by atoms with Gasteiger partial charge in [-0.05, 0) is 42.7 Å². The van der Waals surface area contributed by atoms with E-state index in [9.17, 15) is 14.7 Å². The summed E-state index contributed by atoms with van der Waals surface area (Å²) in [7, 11) is 0. The molecular formula is C23H23ClN4O3. The lowest BCUT2D eigenvalue weighted by molar-refractivity contribution is -0.140. The molecule has 3 heterocycles. The average Bonchev–Trinajstić information content (AvgIpc) is 3.37. The third kappa shape index (κ3) is 3.58. The van der Waals surface area contributed by atoms with Crippen LogP contribution in [-0.4, -0.2) is 51.7 Å². The number of rotatable bonds is 3. The molecule has 7 nitrogen and oxygen atoms in total. The molecule has 2 N–H and O–H groups in total. The summed E-state index contributed by atoms with van der Waals surface area (Å²) >= 11 is 5.95. The molecule has 2 fully saturated rings. The Labute approximate surface area is 184 Å². The first-order valence-electron chi connectivity index (χ1n) is 10.5. The highest BCUT2D eigenvalue weighted by molar-refractivity contribution is 6.30. The number of aromatic nitrogens is 2. The molecule has 160 valence electrons. The lowest BCUT2D eigenvalue weighted by Crippen LogP contribution is -2.47. The highest BCUT2D eigenvalue weighted by atomic mass is 35.5. The van der Waals surface area contributed by atoms with Crippen molar-refractivity contribution in [1.82, 2.24) is 15.1 Å². The molecule has 3 aromatic rings. The molecule has 0 bridgehead atoms. The van der Waals surface area contributed by atoms with E-state index in [0.29, 0.717) is 43.3 Å². The van der Waals surface area contributed by atoms with Crippen LogP contribution in [0.2, 0.25) is 5.02 Å². The number of aromatic amines is 1. The summed E-state index contributed by atoms with van der Waals surface area (Å²) in [6.07, 6.45) is 1.08. The number of hydrogen-bond donors (Lipinski definition) is 2. The number of anilines is 1. The predicted octanol–water partition coefficient (Wildman–Crippen LogP) is 3.08. The number of para-hydroxylation sites is 1. The summed E-state index contributed by atoms with van der Waals surface area (Å²) < 4.78 is 0. The number of hydrogen-bond acceptors (Lipinski definition) is 4. The first-order chi connectivity index (χ1) is 14.9. The van der Waals surface area contributed by atoms with E-state index in [0.717, 1.165) is 16.5 Å². The third-order valence-electron chi connectivity index (χ3n) is 6.46. The minimum absolute atomic E-state index is 0.0335. The molecule has 1 aromatic heterocycles. The second kappa shape index (κ2) is 7.66. The molecule has 2 aromatic carbocycles. The van der Waals surface area contributed by atoms with E-state index in [1.807, 2.05) is 36.4 Å². The number of H-pyrrole nitrogens is 1. The van der Waals surface area contributed by atoms with Crippen molar-refractivity contribution in [3.8, 4) is 0 Å².